The van der Waals surface area contributed by atoms with Gasteiger partial charge >= 0.3 is 0 Å². The summed E-state index contributed by atoms with van der Waals surface area (Å²) in [6.45, 7) is 6.60. The maximum absolute atomic E-state index is 11.0. The first-order chi connectivity index (χ1) is 11.1. The SMILES string of the molecule is C=Cc1c(/C=N\CN(C)C2CCC(C=O)=C[C@@H]2CC)ncn1C. The largest absolute Gasteiger partial charge is 0.334 e. The van der Waals surface area contributed by atoms with Gasteiger partial charge in [-0.3, -0.25) is 14.7 Å². The Morgan fingerprint density at radius 1 is 1.57 bits per heavy atom. The third kappa shape index (κ3) is 4.05. The highest BCUT2D eigenvalue weighted by atomic mass is 16.1. The summed E-state index contributed by atoms with van der Waals surface area (Å²) in [5.41, 5.74) is 2.75. The van der Waals surface area contributed by atoms with Gasteiger partial charge in [-0.1, -0.05) is 19.6 Å². The maximum Gasteiger partial charge on any atom is 0.145 e. The van der Waals surface area contributed by atoms with Gasteiger partial charge in [-0.2, -0.15) is 0 Å². The first-order valence-electron chi connectivity index (χ1n) is 8.10. The van der Waals surface area contributed by atoms with Crippen LogP contribution in [0.5, 0.6) is 0 Å². The second kappa shape index (κ2) is 8.02. The number of aryl methyl sites for hydroxylation is 1. The highest BCUT2D eigenvalue weighted by Gasteiger charge is 2.26. The molecule has 1 aromatic rings. The van der Waals surface area contributed by atoms with Gasteiger partial charge in [0.15, 0.2) is 0 Å². The number of hydrogen-bond donors (Lipinski definition) is 0. The van der Waals surface area contributed by atoms with E-state index in [1.54, 1.807) is 12.4 Å². The molecule has 0 spiro atoms. The third-order valence-corrected chi connectivity index (χ3v) is 4.56. The Bertz CT molecular complexity index is 615. The highest BCUT2D eigenvalue weighted by molar-refractivity contribution is 5.81. The first-order valence-corrected chi connectivity index (χ1v) is 8.10. The Morgan fingerprint density at radius 3 is 3.00 bits per heavy atom. The van der Waals surface area contributed by atoms with Crippen LogP contribution in [0.3, 0.4) is 0 Å². The molecule has 2 atom stereocenters. The predicted molar refractivity (Wildman–Crippen MR) is 94.5 cm³/mol. The lowest BCUT2D eigenvalue weighted by atomic mass is 9.84. The molecule has 0 aromatic carbocycles. The summed E-state index contributed by atoms with van der Waals surface area (Å²) in [5, 5.41) is 0. The molecule has 2 rings (SSSR count). The zero-order valence-corrected chi connectivity index (χ0v) is 14.3. The fraction of sp³-hybridized carbons (Fsp3) is 0.500. The van der Waals surface area contributed by atoms with Crippen molar-refractivity contribution < 1.29 is 4.79 Å². The number of hydrogen-bond acceptors (Lipinski definition) is 4. The monoisotopic (exact) mass is 314 g/mol. The topological polar surface area (TPSA) is 50.5 Å². The van der Waals surface area contributed by atoms with Crippen molar-refractivity contribution in [3.63, 3.8) is 0 Å². The molecule has 1 unspecified atom stereocenters. The van der Waals surface area contributed by atoms with E-state index in [0.717, 1.165) is 42.5 Å². The molecule has 0 fully saturated rings. The van der Waals surface area contributed by atoms with Gasteiger partial charge < -0.3 is 4.57 Å². The molecule has 0 saturated carbocycles. The van der Waals surface area contributed by atoms with E-state index < -0.39 is 0 Å². The van der Waals surface area contributed by atoms with Crippen LogP contribution in [-0.2, 0) is 11.8 Å². The lowest BCUT2D eigenvalue weighted by molar-refractivity contribution is -0.105. The molecule has 5 heteroatoms. The molecule has 0 amide bonds. The van der Waals surface area contributed by atoms with Gasteiger partial charge in [0.05, 0.1) is 24.9 Å². The number of aldehydes is 1. The minimum atomic E-state index is 0.419. The number of carbonyl (C=O) groups excluding carboxylic acids is 1. The van der Waals surface area contributed by atoms with Crippen LogP contribution in [0.25, 0.3) is 6.08 Å². The third-order valence-electron chi connectivity index (χ3n) is 4.56. The lowest BCUT2D eigenvalue weighted by Crippen LogP contribution is -2.39. The summed E-state index contributed by atoms with van der Waals surface area (Å²) < 4.78 is 1.93. The van der Waals surface area contributed by atoms with Crippen LogP contribution < -0.4 is 0 Å². The van der Waals surface area contributed by atoms with Crippen molar-refractivity contribution in [1.29, 1.82) is 0 Å². The molecule has 1 aliphatic carbocycles. The standard InChI is InChI=1S/C18H26N4O/c1-5-15-9-14(11-23)7-8-18(15)21(3)12-19-10-16-17(6-2)22(4)13-20-16/h6,9-11,13,15,18H,2,5,7-8,12H2,1,3-4H3/b19-10-/t15-,18?/m0/s1. The number of nitrogens with zero attached hydrogens (tertiary/aromatic N) is 4. The molecule has 1 heterocycles. The van der Waals surface area contributed by atoms with Gasteiger partial charge in [0.2, 0.25) is 0 Å². The van der Waals surface area contributed by atoms with E-state index in [-0.39, 0.29) is 0 Å². The van der Waals surface area contributed by atoms with E-state index >= 15 is 0 Å². The van der Waals surface area contributed by atoms with Crippen molar-refractivity contribution in [2.24, 2.45) is 18.0 Å². The molecule has 0 N–H and O–H groups in total. The Labute approximate surface area is 138 Å². The number of carbonyl (C=O) groups is 1. The van der Waals surface area contributed by atoms with Crippen LogP contribution in [-0.4, -0.2) is 46.7 Å². The fourth-order valence-corrected chi connectivity index (χ4v) is 3.20. The molecular formula is C18H26N4O. The van der Waals surface area contributed by atoms with Gasteiger partial charge in [0.1, 0.15) is 12.0 Å². The zero-order valence-electron chi connectivity index (χ0n) is 14.3. The van der Waals surface area contributed by atoms with Crippen LogP contribution in [0.2, 0.25) is 0 Å². The van der Waals surface area contributed by atoms with E-state index in [4.69, 9.17) is 0 Å². The van der Waals surface area contributed by atoms with Crippen LogP contribution in [0, 0.1) is 5.92 Å². The minimum absolute atomic E-state index is 0.419. The van der Waals surface area contributed by atoms with Crippen LogP contribution in [0.4, 0.5) is 0 Å². The molecule has 0 radical (unpaired) electrons. The number of rotatable bonds is 7. The summed E-state index contributed by atoms with van der Waals surface area (Å²) >= 11 is 0. The molecule has 23 heavy (non-hydrogen) atoms. The predicted octanol–water partition coefficient (Wildman–Crippen LogP) is 2.69. The van der Waals surface area contributed by atoms with E-state index in [0.29, 0.717) is 18.6 Å². The smallest absolute Gasteiger partial charge is 0.145 e. The van der Waals surface area contributed by atoms with Crippen molar-refractivity contribution in [2.75, 3.05) is 13.7 Å². The lowest BCUT2D eigenvalue weighted by Gasteiger charge is -2.35. The number of imidazole rings is 1. The average Bonchev–Trinajstić information content (AvgIpc) is 2.93. The second-order valence-corrected chi connectivity index (χ2v) is 6.08. The van der Waals surface area contributed by atoms with Crippen molar-refractivity contribution >= 4 is 18.6 Å². The first kappa shape index (κ1) is 17.3. The maximum atomic E-state index is 11.0. The van der Waals surface area contributed by atoms with Crippen molar-refractivity contribution in [3.8, 4) is 0 Å². The summed E-state index contributed by atoms with van der Waals surface area (Å²) in [4.78, 5) is 22.1. The van der Waals surface area contributed by atoms with Crippen LogP contribution in [0.1, 0.15) is 37.6 Å². The van der Waals surface area contributed by atoms with Crippen molar-refractivity contribution in [1.82, 2.24) is 14.5 Å². The molecule has 0 saturated heterocycles. The molecule has 5 nitrogen and oxygen atoms in total. The molecule has 1 aliphatic rings. The summed E-state index contributed by atoms with van der Waals surface area (Å²) in [6.07, 6.45) is 11.4. The van der Waals surface area contributed by atoms with Crippen LogP contribution >= 0.6 is 0 Å². The quantitative estimate of drug-likeness (QED) is 0.574. The molecule has 0 bridgehead atoms. The summed E-state index contributed by atoms with van der Waals surface area (Å²) in [5.74, 6) is 0.419. The Kier molecular flexibility index (Phi) is 6.04. The number of aromatic nitrogens is 2. The normalized spacial score (nSPS) is 21.7. The Balaban J connectivity index is 2.00. The Hall–Kier alpha value is -2.01. The van der Waals surface area contributed by atoms with E-state index in [9.17, 15) is 4.79 Å². The highest BCUT2D eigenvalue weighted by Crippen LogP contribution is 2.28. The average molecular weight is 314 g/mol. The fourth-order valence-electron chi connectivity index (χ4n) is 3.20. The van der Waals surface area contributed by atoms with E-state index in [2.05, 4.69) is 41.5 Å². The van der Waals surface area contributed by atoms with E-state index in [1.807, 2.05) is 17.8 Å². The van der Waals surface area contributed by atoms with Crippen molar-refractivity contribution in [3.05, 3.63) is 35.9 Å². The van der Waals surface area contributed by atoms with E-state index in [1.165, 1.54) is 0 Å². The van der Waals surface area contributed by atoms with Crippen molar-refractivity contribution in [2.45, 2.75) is 32.2 Å². The van der Waals surface area contributed by atoms with Gasteiger partial charge in [0.25, 0.3) is 0 Å². The van der Waals surface area contributed by atoms with Gasteiger partial charge in [-0.25, -0.2) is 4.98 Å². The minimum Gasteiger partial charge on any atom is -0.334 e. The summed E-state index contributed by atoms with van der Waals surface area (Å²) in [6, 6.07) is 0.434. The number of aliphatic imine (C=N–C) groups is 1. The Morgan fingerprint density at radius 2 is 2.35 bits per heavy atom. The molecule has 0 aliphatic heterocycles. The van der Waals surface area contributed by atoms with Gasteiger partial charge in [0, 0.05) is 13.1 Å². The number of allylic oxidation sites excluding steroid dienone is 1. The van der Waals surface area contributed by atoms with Gasteiger partial charge in [-0.05, 0) is 43.9 Å². The molecule has 1 aromatic heterocycles. The summed E-state index contributed by atoms with van der Waals surface area (Å²) in [7, 11) is 4.04. The van der Waals surface area contributed by atoms with Gasteiger partial charge in [-0.15, -0.1) is 0 Å². The zero-order chi connectivity index (χ0) is 16.8. The van der Waals surface area contributed by atoms with Crippen LogP contribution in [0.15, 0.2) is 29.5 Å². The molecular weight excluding hydrogens is 288 g/mol. The molecule has 124 valence electrons. The second-order valence-electron chi connectivity index (χ2n) is 6.08.